The molecule has 0 saturated heterocycles. The van der Waals surface area contributed by atoms with Crippen LogP contribution in [0.1, 0.15) is 55.6 Å². The maximum atomic E-state index is 12.9. The molecule has 4 N–H and O–H groups in total. The summed E-state index contributed by atoms with van der Waals surface area (Å²) in [5.74, 6) is -2.23. The van der Waals surface area contributed by atoms with Gasteiger partial charge in [0.05, 0.1) is 5.92 Å². The Kier molecular flexibility index (Phi) is 8.02. The lowest BCUT2D eigenvalue weighted by Crippen LogP contribution is -2.50. The summed E-state index contributed by atoms with van der Waals surface area (Å²) < 4.78 is 5.66. The van der Waals surface area contributed by atoms with Crippen LogP contribution in [0.5, 0.6) is 0 Å². The van der Waals surface area contributed by atoms with Gasteiger partial charge in [0, 0.05) is 25.0 Å². The number of carbonyl (C=O) groups is 3. The average molecular weight is 481 g/mol. The third-order valence-corrected chi connectivity index (χ3v) is 7.03. The smallest absolute Gasteiger partial charge is 0.407 e. The summed E-state index contributed by atoms with van der Waals surface area (Å²) in [6, 6.07) is 14.6. The molecule has 2 aliphatic rings. The summed E-state index contributed by atoms with van der Waals surface area (Å²) in [6.07, 6.45) is 3.12. The van der Waals surface area contributed by atoms with Gasteiger partial charge < -0.3 is 25.6 Å². The Labute approximate surface area is 204 Å². The number of hydrogen-bond donors (Lipinski definition) is 4. The first-order valence-electron chi connectivity index (χ1n) is 12.2. The fourth-order valence-corrected chi connectivity index (χ4v) is 5.25. The molecule has 0 aliphatic heterocycles. The molecule has 2 amide bonds. The van der Waals surface area contributed by atoms with E-state index in [1.165, 1.54) is 0 Å². The number of nitrogens with one attached hydrogen (secondary N) is 2. The topological polar surface area (TPSA) is 125 Å². The highest BCUT2D eigenvalue weighted by molar-refractivity contribution is 5.86. The van der Waals surface area contributed by atoms with Gasteiger partial charge in [0.1, 0.15) is 12.6 Å². The molecule has 0 aromatic heterocycles. The molecule has 3 atom stereocenters. The third kappa shape index (κ3) is 5.65. The average Bonchev–Trinajstić information content (AvgIpc) is 2.98. The van der Waals surface area contributed by atoms with E-state index in [1.807, 2.05) is 24.3 Å². The Morgan fingerprint density at radius 3 is 2.20 bits per heavy atom. The summed E-state index contributed by atoms with van der Waals surface area (Å²) in [4.78, 5) is 37.1. The highest BCUT2D eigenvalue weighted by Gasteiger charge is 2.34. The summed E-state index contributed by atoms with van der Waals surface area (Å²) in [5.41, 5.74) is 4.54. The first kappa shape index (κ1) is 24.7. The van der Waals surface area contributed by atoms with Gasteiger partial charge >= 0.3 is 12.1 Å². The number of carboxylic acids is 1. The van der Waals surface area contributed by atoms with E-state index < -0.39 is 36.0 Å². The summed E-state index contributed by atoms with van der Waals surface area (Å²) in [5, 5.41) is 23.8. The maximum Gasteiger partial charge on any atom is 0.407 e. The zero-order valence-corrected chi connectivity index (χ0v) is 19.6. The molecule has 35 heavy (non-hydrogen) atoms. The Morgan fingerprint density at radius 2 is 1.57 bits per heavy atom. The summed E-state index contributed by atoms with van der Waals surface area (Å²) in [6.45, 7) is -0.162. The minimum Gasteiger partial charge on any atom is -0.480 e. The number of amides is 2. The van der Waals surface area contributed by atoms with Crippen molar-refractivity contribution in [1.82, 2.24) is 10.6 Å². The van der Waals surface area contributed by atoms with E-state index in [0.717, 1.165) is 41.5 Å². The van der Waals surface area contributed by atoms with E-state index >= 15 is 0 Å². The molecule has 1 saturated carbocycles. The largest absolute Gasteiger partial charge is 0.480 e. The van der Waals surface area contributed by atoms with E-state index in [-0.39, 0.29) is 25.6 Å². The van der Waals surface area contributed by atoms with Crippen molar-refractivity contribution >= 4 is 18.0 Å². The highest BCUT2D eigenvalue weighted by Crippen LogP contribution is 2.44. The number of aliphatic hydroxyl groups is 1. The van der Waals surface area contributed by atoms with E-state index in [2.05, 4.69) is 34.9 Å². The van der Waals surface area contributed by atoms with Crippen LogP contribution in [0.25, 0.3) is 11.1 Å². The van der Waals surface area contributed by atoms with Gasteiger partial charge in [0.2, 0.25) is 5.91 Å². The van der Waals surface area contributed by atoms with Crippen LogP contribution < -0.4 is 10.6 Å². The van der Waals surface area contributed by atoms with E-state index in [0.29, 0.717) is 12.8 Å². The molecular weight excluding hydrogens is 448 g/mol. The molecule has 1 fully saturated rings. The summed E-state index contributed by atoms with van der Waals surface area (Å²) in [7, 11) is 0. The second-order valence-corrected chi connectivity index (χ2v) is 9.23. The van der Waals surface area contributed by atoms with Gasteiger partial charge in [0.25, 0.3) is 0 Å². The SMILES string of the molecule is O=C(N[C@H]1CCCCC[C@H]1C(=O)NC(CCO)C(=O)O)OCC1c2ccccc2-c2ccccc21. The van der Waals surface area contributed by atoms with Crippen LogP contribution in [0.2, 0.25) is 0 Å². The Hall–Kier alpha value is -3.39. The van der Waals surface area contributed by atoms with Crippen molar-refractivity contribution in [2.24, 2.45) is 5.92 Å². The molecule has 0 spiro atoms. The minimum atomic E-state index is -1.19. The van der Waals surface area contributed by atoms with Crippen LogP contribution in [-0.4, -0.2) is 53.5 Å². The van der Waals surface area contributed by atoms with E-state index in [4.69, 9.17) is 9.84 Å². The lowest BCUT2D eigenvalue weighted by molar-refractivity contribution is -0.143. The second-order valence-electron chi connectivity index (χ2n) is 9.23. The predicted molar refractivity (Wildman–Crippen MR) is 130 cm³/mol. The first-order valence-corrected chi connectivity index (χ1v) is 12.2. The maximum absolute atomic E-state index is 12.9. The van der Waals surface area contributed by atoms with Crippen LogP contribution >= 0.6 is 0 Å². The van der Waals surface area contributed by atoms with Crippen molar-refractivity contribution in [3.05, 3.63) is 59.7 Å². The number of hydrogen-bond acceptors (Lipinski definition) is 5. The molecule has 0 bridgehead atoms. The zero-order valence-electron chi connectivity index (χ0n) is 19.6. The number of alkyl carbamates (subject to hydrolysis) is 1. The molecule has 8 nitrogen and oxygen atoms in total. The number of aliphatic hydroxyl groups excluding tert-OH is 1. The number of carbonyl (C=O) groups excluding carboxylic acids is 2. The number of benzene rings is 2. The third-order valence-electron chi connectivity index (χ3n) is 7.03. The molecule has 186 valence electrons. The number of rotatable bonds is 8. The molecule has 4 rings (SSSR count). The van der Waals surface area contributed by atoms with Gasteiger partial charge in [-0.05, 0) is 35.1 Å². The quantitative estimate of drug-likeness (QED) is 0.429. The molecule has 1 unspecified atom stereocenters. The van der Waals surface area contributed by atoms with E-state index in [1.54, 1.807) is 0 Å². The van der Waals surface area contributed by atoms with Crippen LogP contribution in [0.4, 0.5) is 4.79 Å². The van der Waals surface area contributed by atoms with Crippen LogP contribution in [0.15, 0.2) is 48.5 Å². The van der Waals surface area contributed by atoms with Crippen molar-refractivity contribution < 1.29 is 29.3 Å². The Morgan fingerprint density at radius 1 is 0.943 bits per heavy atom. The Balaban J connectivity index is 1.41. The van der Waals surface area contributed by atoms with Crippen molar-refractivity contribution in [2.75, 3.05) is 13.2 Å². The van der Waals surface area contributed by atoms with E-state index in [9.17, 15) is 19.5 Å². The molecule has 2 aromatic rings. The van der Waals surface area contributed by atoms with Gasteiger partial charge in [-0.15, -0.1) is 0 Å². The number of aliphatic carboxylic acids is 1. The highest BCUT2D eigenvalue weighted by atomic mass is 16.5. The summed E-state index contributed by atoms with van der Waals surface area (Å²) >= 11 is 0. The van der Waals surface area contributed by atoms with Crippen LogP contribution in [0.3, 0.4) is 0 Å². The van der Waals surface area contributed by atoms with Gasteiger partial charge in [-0.2, -0.15) is 0 Å². The van der Waals surface area contributed by atoms with Crippen molar-refractivity contribution in [1.29, 1.82) is 0 Å². The van der Waals surface area contributed by atoms with Gasteiger partial charge in [-0.3, -0.25) is 4.79 Å². The fraction of sp³-hybridized carbons (Fsp3) is 0.444. The standard InChI is InChI=1S/C27H32N2O6/c30-15-14-24(26(32)33)28-25(31)21-12-2-1-3-13-23(21)29-27(34)35-16-22-19-10-6-4-8-17(19)18-9-5-7-11-20(18)22/h4-11,21-24,30H,1-3,12-16H2,(H,28,31)(H,29,34)(H,32,33)/t21-,23+,24?/m1/s1. The molecule has 2 aromatic carbocycles. The molecule has 0 heterocycles. The van der Waals surface area contributed by atoms with Crippen LogP contribution in [0, 0.1) is 5.92 Å². The molecule has 0 radical (unpaired) electrons. The van der Waals surface area contributed by atoms with Gasteiger partial charge in [0.15, 0.2) is 0 Å². The lowest BCUT2D eigenvalue weighted by Gasteiger charge is -2.27. The second kappa shape index (κ2) is 11.4. The lowest BCUT2D eigenvalue weighted by atomic mass is 9.93. The van der Waals surface area contributed by atoms with Gasteiger partial charge in [-0.25, -0.2) is 9.59 Å². The molecule has 2 aliphatic carbocycles. The van der Waals surface area contributed by atoms with Crippen LogP contribution in [-0.2, 0) is 14.3 Å². The monoisotopic (exact) mass is 480 g/mol. The minimum absolute atomic E-state index is 0.0591. The number of fused-ring (bicyclic) bond motifs is 3. The fourth-order valence-electron chi connectivity index (χ4n) is 5.25. The zero-order chi connectivity index (χ0) is 24.8. The molecular formula is C27H32N2O6. The first-order chi connectivity index (χ1) is 17.0. The molecule has 8 heteroatoms. The number of carboxylic acid groups (broad SMARTS) is 1. The normalized spacial score (nSPS) is 20.1. The van der Waals surface area contributed by atoms with Crippen molar-refractivity contribution in [2.45, 2.75) is 56.5 Å². The van der Waals surface area contributed by atoms with Crippen molar-refractivity contribution in [3.63, 3.8) is 0 Å². The number of ether oxygens (including phenoxy) is 1. The Bertz CT molecular complexity index is 1030. The predicted octanol–water partition coefficient (Wildman–Crippen LogP) is 3.43. The van der Waals surface area contributed by atoms with Crippen molar-refractivity contribution in [3.8, 4) is 11.1 Å². The van der Waals surface area contributed by atoms with Gasteiger partial charge in [-0.1, -0.05) is 67.8 Å².